The topological polar surface area (TPSA) is 66.4 Å². The van der Waals surface area contributed by atoms with Crippen molar-refractivity contribution >= 4 is 15.8 Å². The lowest BCUT2D eigenvalue weighted by Gasteiger charge is -2.55. The summed E-state index contributed by atoms with van der Waals surface area (Å²) in [5.41, 5.74) is -0.865. The molecule has 6 nitrogen and oxygen atoms in total. The summed E-state index contributed by atoms with van der Waals surface area (Å²) in [5.74, 6) is 1.39. The van der Waals surface area contributed by atoms with Crippen LogP contribution in [0.2, 0.25) is 0 Å². The fourth-order valence-electron chi connectivity index (χ4n) is 3.71. The van der Waals surface area contributed by atoms with Gasteiger partial charge in [0, 0.05) is 31.4 Å². The van der Waals surface area contributed by atoms with E-state index in [2.05, 4.69) is 9.97 Å². The van der Waals surface area contributed by atoms with Crippen molar-refractivity contribution in [3.8, 4) is 0 Å². The summed E-state index contributed by atoms with van der Waals surface area (Å²) in [6.45, 7) is 2.77. The Bertz CT molecular complexity index is 951. The highest BCUT2D eigenvalue weighted by Crippen LogP contribution is 2.39. The number of fused-ring (bicyclic) bond motifs is 2. The van der Waals surface area contributed by atoms with E-state index >= 15 is 0 Å². The Labute approximate surface area is 154 Å². The minimum absolute atomic E-state index is 0.114. The van der Waals surface area contributed by atoms with Crippen LogP contribution in [0, 0.1) is 6.92 Å². The van der Waals surface area contributed by atoms with Gasteiger partial charge in [-0.1, -0.05) is 0 Å². The molecule has 0 radical (unpaired) electrons. The number of nitrogens with zero attached hydrogens (tertiary/aromatic N) is 4. The molecule has 4 heterocycles. The van der Waals surface area contributed by atoms with Crippen LogP contribution in [0.1, 0.15) is 17.8 Å². The number of rotatable bonds is 3. The lowest BCUT2D eigenvalue weighted by molar-refractivity contribution is -0.137. The number of hydrogen-bond acceptors (Lipinski definition) is 5. The van der Waals surface area contributed by atoms with Gasteiger partial charge in [0.25, 0.3) is 0 Å². The Morgan fingerprint density at radius 2 is 1.70 bits per heavy atom. The molecule has 1 aromatic carbocycles. The van der Waals surface area contributed by atoms with E-state index < -0.39 is 21.8 Å². The molecule has 144 valence electrons. The zero-order valence-electron chi connectivity index (χ0n) is 14.4. The van der Waals surface area contributed by atoms with Gasteiger partial charge in [0.05, 0.1) is 10.5 Å². The molecular formula is C17H17F3N4O2S. The first-order valence-corrected chi connectivity index (χ1v) is 9.85. The van der Waals surface area contributed by atoms with E-state index in [9.17, 15) is 21.6 Å². The molecule has 0 spiro atoms. The van der Waals surface area contributed by atoms with Crippen molar-refractivity contribution in [3.05, 3.63) is 47.9 Å². The molecule has 0 aliphatic carbocycles. The predicted molar refractivity (Wildman–Crippen MR) is 91.6 cm³/mol. The molecule has 1 aromatic heterocycles. The first kappa shape index (κ1) is 18.2. The number of benzene rings is 1. The molecule has 10 heteroatoms. The molecule has 2 unspecified atom stereocenters. The van der Waals surface area contributed by atoms with Gasteiger partial charge in [-0.25, -0.2) is 18.4 Å². The molecule has 2 bridgehead atoms. The van der Waals surface area contributed by atoms with Gasteiger partial charge in [0.15, 0.2) is 0 Å². The lowest BCUT2D eigenvalue weighted by atomic mass is 9.91. The van der Waals surface area contributed by atoms with E-state index in [1.165, 1.54) is 4.31 Å². The number of anilines is 1. The molecule has 2 atom stereocenters. The molecule has 5 rings (SSSR count). The maximum atomic E-state index is 12.9. The summed E-state index contributed by atoms with van der Waals surface area (Å²) in [7, 11) is -3.83. The van der Waals surface area contributed by atoms with Gasteiger partial charge >= 0.3 is 6.18 Å². The van der Waals surface area contributed by atoms with Crippen LogP contribution in [0.25, 0.3) is 0 Å². The third-order valence-electron chi connectivity index (χ3n) is 4.97. The molecule has 3 saturated heterocycles. The lowest BCUT2D eigenvalue weighted by Crippen LogP contribution is -2.70. The maximum absolute atomic E-state index is 12.9. The zero-order chi connectivity index (χ0) is 19.4. The number of aromatic nitrogens is 2. The van der Waals surface area contributed by atoms with Crippen molar-refractivity contribution in [1.82, 2.24) is 14.3 Å². The Morgan fingerprint density at radius 1 is 1.07 bits per heavy atom. The van der Waals surface area contributed by atoms with Crippen LogP contribution in [0.4, 0.5) is 19.0 Å². The molecule has 2 aromatic rings. The van der Waals surface area contributed by atoms with Crippen molar-refractivity contribution in [3.63, 3.8) is 0 Å². The Balaban J connectivity index is 1.53. The van der Waals surface area contributed by atoms with Gasteiger partial charge in [-0.3, -0.25) is 0 Å². The minimum Gasteiger partial charge on any atom is -0.353 e. The van der Waals surface area contributed by atoms with Gasteiger partial charge in [0.2, 0.25) is 10.0 Å². The average molecular weight is 398 g/mol. The zero-order valence-corrected chi connectivity index (χ0v) is 15.2. The van der Waals surface area contributed by atoms with Crippen molar-refractivity contribution < 1.29 is 21.6 Å². The SMILES string of the molecule is Cc1nccc(N2CC3CC(C2)N3S(=O)(=O)c2ccc(C(F)(F)F)cc2)n1. The number of piperazine rings is 1. The molecule has 3 aliphatic rings. The summed E-state index contributed by atoms with van der Waals surface area (Å²) in [6, 6.07) is 5.01. The van der Waals surface area contributed by atoms with E-state index in [1.807, 2.05) is 4.90 Å². The second-order valence-corrected chi connectivity index (χ2v) is 8.61. The molecule has 3 fully saturated rings. The second-order valence-electron chi connectivity index (χ2n) is 6.77. The van der Waals surface area contributed by atoms with Crippen LogP contribution in [-0.4, -0.2) is 47.9 Å². The number of halogens is 3. The molecule has 0 amide bonds. The molecule has 27 heavy (non-hydrogen) atoms. The summed E-state index contributed by atoms with van der Waals surface area (Å²) in [4.78, 5) is 10.3. The largest absolute Gasteiger partial charge is 0.416 e. The quantitative estimate of drug-likeness (QED) is 0.795. The standard InChI is InChI=1S/C17H17F3N4O2S/c1-11-21-7-6-16(22-11)23-9-13-8-14(10-23)24(13)27(25,26)15-4-2-12(3-5-15)17(18,19)20/h2-7,13-14H,8-10H2,1H3. The molecule has 0 N–H and O–H groups in total. The summed E-state index contributed by atoms with van der Waals surface area (Å²) in [6.07, 6.45) is -2.10. The number of piperidine rings is 1. The van der Waals surface area contributed by atoms with Crippen LogP contribution in [-0.2, 0) is 16.2 Å². The highest BCUT2D eigenvalue weighted by Gasteiger charge is 2.51. The highest BCUT2D eigenvalue weighted by atomic mass is 32.2. The van der Waals surface area contributed by atoms with Crippen LogP contribution in [0.5, 0.6) is 0 Å². The van der Waals surface area contributed by atoms with E-state index in [4.69, 9.17) is 0 Å². The van der Waals surface area contributed by atoms with Crippen LogP contribution in [0.3, 0.4) is 0 Å². The van der Waals surface area contributed by atoms with Gasteiger partial charge in [-0.05, 0) is 43.7 Å². The molecule has 0 saturated carbocycles. The van der Waals surface area contributed by atoms with E-state index in [0.717, 1.165) is 36.5 Å². The van der Waals surface area contributed by atoms with E-state index in [1.54, 1.807) is 19.2 Å². The second kappa shape index (κ2) is 6.16. The van der Waals surface area contributed by atoms with Gasteiger partial charge in [-0.15, -0.1) is 0 Å². The van der Waals surface area contributed by atoms with Gasteiger partial charge in [0.1, 0.15) is 11.6 Å². The summed E-state index contributed by atoms with van der Waals surface area (Å²) >= 11 is 0. The number of alkyl halides is 3. The summed E-state index contributed by atoms with van der Waals surface area (Å²) < 4.78 is 65.3. The van der Waals surface area contributed by atoms with Gasteiger partial charge < -0.3 is 4.90 Å². The normalized spacial score (nSPS) is 23.2. The monoisotopic (exact) mass is 398 g/mol. The van der Waals surface area contributed by atoms with E-state index in [0.29, 0.717) is 18.9 Å². The Hall–Kier alpha value is -2.20. The van der Waals surface area contributed by atoms with E-state index in [-0.39, 0.29) is 17.0 Å². The summed E-state index contributed by atoms with van der Waals surface area (Å²) in [5, 5.41) is 0. The first-order valence-electron chi connectivity index (χ1n) is 8.41. The third-order valence-corrected chi connectivity index (χ3v) is 6.99. The number of sulfonamides is 1. The van der Waals surface area contributed by atoms with Gasteiger partial charge in [-0.2, -0.15) is 17.5 Å². The minimum atomic E-state index is -4.49. The third kappa shape index (κ3) is 3.16. The van der Waals surface area contributed by atoms with Crippen molar-refractivity contribution in [2.75, 3.05) is 18.0 Å². The maximum Gasteiger partial charge on any atom is 0.416 e. The Kier molecular flexibility index (Phi) is 4.15. The molecule has 3 aliphatic heterocycles. The smallest absolute Gasteiger partial charge is 0.353 e. The first-order chi connectivity index (χ1) is 12.7. The number of aryl methyl sites for hydroxylation is 1. The van der Waals surface area contributed by atoms with Crippen LogP contribution < -0.4 is 4.90 Å². The number of hydrogen-bond donors (Lipinski definition) is 0. The van der Waals surface area contributed by atoms with Crippen molar-refractivity contribution in [1.29, 1.82) is 0 Å². The van der Waals surface area contributed by atoms with Crippen molar-refractivity contribution in [2.24, 2.45) is 0 Å². The predicted octanol–water partition coefficient (Wildman–Crippen LogP) is 2.46. The average Bonchev–Trinajstić information content (AvgIpc) is 2.61. The highest BCUT2D eigenvalue weighted by molar-refractivity contribution is 7.89. The van der Waals surface area contributed by atoms with Crippen LogP contribution in [0.15, 0.2) is 41.4 Å². The van der Waals surface area contributed by atoms with Crippen LogP contribution >= 0.6 is 0 Å². The fraction of sp³-hybridized carbons (Fsp3) is 0.412. The van der Waals surface area contributed by atoms with Crippen molar-refractivity contribution in [2.45, 2.75) is 36.5 Å². The molecular weight excluding hydrogens is 381 g/mol. The fourth-order valence-corrected chi connectivity index (χ4v) is 5.53. The Morgan fingerprint density at radius 3 is 2.26 bits per heavy atom.